The Morgan fingerprint density at radius 3 is 2.78 bits per heavy atom. The third kappa shape index (κ3) is 2.47. The van der Waals surface area contributed by atoms with Crippen LogP contribution < -0.4 is 11.1 Å². The molecule has 3 nitrogen and oxygen atoms in total. The van der Waals surface area contributed by atoms with Crippen molar-refractivity contribution in [2.75, 3.05) is 18.1 Å². The van der Waals surface area contributed by atoms with E-state index in [0.717, 1.165) is 16.1 Å². The maximum absolute atomic E-state index is 9.32. The van der Waals surface area contributed by atoms with E-state index < -0.39 is 0 Å². The van der Waals surface area contributed by atoms with Crippen LogP contribution in [0.5, 0.6) is 0 Å². The largest absolute Gasteiger partial charge is 0.377 e. The van der Waals surface area contributed by atoms with Crippen LogP contribution in [0.15, 0.2) is 23.1 Å². The highest BCUT2D eigenvalue weighted by molar-refractivity contribution is 7.98. The summed E-state index contributed by atoms with van der Waals surface area (Å²) >= 11 is 1.60. The van der Waals surface area contributed by atoms with Gasteiger partial charge in [-0.2, -0.15) is 5.26 Å². The molecule has 2 rings (SSSR count). The van der Waals surface area contributed by atoms with E-state index in [2.05, 4.69) is 18.3 Å². The normalized spacial score (nSPS) is 17.9. The minimum absolute atomic E-state index is 0.0946. The number of nitriles is 1. The van der Waals surface area contributed by atoms with Crippen LogP contribution in [0.25, 0.3) is 0 Å². The summed E-state index contributed by atoms with van der Waals surface area (Å²) in [6.07, 6.45) is 4.44. The number of nitrogens with two attached hydrogens (primary N) is 1. The fourth-order valence-electron chi connectivity index (χ4n) is 2.27. The molecule has 1 unspecified atom stereocenters. The second-order valence-corrected chi connectivity index (χ2v) is 5.86. The quantitative estimate of drug-likeness (QED) is 0.800. The molecule has 1 fully saturated rings. The van der Waals surface area contributed by atoms with Gasteiger partial charge >= 0.3 is 0 Å². The van der Waals surface area contributed by atoms with E-state index in [1.54, 1.807) is 11.8 Å². The Balaban J connectivity index is 2.31. The number of nitrogens with zero attached hydrogens (tertiary/aromatic N) is 1. The summed E-state index contributed by atoms with van der Waals surface area (Å²) in [5, 5.41) is 12.8. The Bertz CT molecular complexity index is 476. The first-order valence-corrected chi connectivity index (χ1v) is 7.42. The van der Waals surface area contributed by atoms with Gasteiger partial charge in [0.1, 0.15) is 6.07 Å². The minimum atomic E-state index is -0.0946. The Kier molecular flexibility index (Phi) is 3.84. The highest BCUT2D eigenvalue weighted by Crippen LogP contribution is 2.41. The van der Waals surface area contributed by atoms with Gasteiger partial charge in [0.2, 0.25) is 0 Å². The maximum atomic E-state index is 9.32. The van der Waals surface area contributed by atoms with E-state index in [0.29, 0.717) is 12.5 Å². The molecule has 1 aromatic carbocycles. The zero-order valence-electron chi connectivity index (χ0n) is 10.9. The zero-order valence-corrected chi connectivity index (χ0v) is 11.7. The molecule has 4 heteroatoms. The van der Waals surface area contributed by atoms with E-state index >= 15 is 0 Å². The highest BCUT2D eigenvalue weighted by Gasteiger charge is 2.40. The zero-order chi connectivity index (χ0) is 13.2. The summed E-state index contributed by atoms with van der Waals surface area (Å²) in [5.41, 5.74) is 7.45. The summed E-state index contributed by atoms with van der Waals surface area (Å²) in [7, 11) is 0. The van der Waals surface area contributed by atoms with Crippen LogP contribution in [0.2, 0.25) is 0 Å². The second kappa shape index (κ2) is 5.21. The molecule has 1 aliphatic rings. The van der Waals surface area contributed by atoms with Crippen molar-refractivity contribution >= 4 is 17.4 Å². The number of anilines is 1. The predicted molar refractivity (Wildman–Crippen MR) is 76.7 cm³/mol. The number of benzene rings is 1. The van der Waals surface area contributed by atoms with Crippen molar-refractivity contribution in [3.8, 4) is 6.07 Å². The summed E-state index contributed by atoms with van der Waals surface area (Å²) in [6, 6.07) is 8.23. The number of hydrogen-bond acceptors (Lipinski definition) is 4. The van der Waals surface area contributed by atoms with Gasteiger partial charge in [0, 0.05) is 17.0 Å². The molecular weight excluding hydrogens is 242 g/mol. The molecule has 1 aromatic rings. The first-order chi connectivity index (χ1) is 8.64. The van der Waals surface area contributed by atoms with Crippen molar-refractivity contribution in [2.45, 2.75) is 30.2 Å². The molecular formula is C14H19N3S. The van der Waals surface area contributed by atoms with Gasteiger partial charge in [-0.25, -0.2) is 0 Å². The van der Waals surface area contributed by atoms with Crippen LogP contribution in [0, 0.1) is 17.2 Å². The summed E-state index contributed by atoms with van der Waals surface area (Å²) in [4.78, 5) is 1.01. The van der Waals surface area contributed by atoms with Gasteiger partial charge in [0.05, 0.1) is 11.3 Å². The Labute approximate surface area is 113 Å². The molecule has 3 N–H and O–H groups in total. The van der Waals surface area contributed by atoms with Crippen LogP contribution in [-0.2, 0) is 0 Å². The van der Waals surface area contributed by atoms with Gasteiger partial charge < -0.3 is 11.1 Å². The average molecular weight is 261 g/mol. The lowest BCUT2D eigenvalue weighted by molar-refractivity contribution is 0.459. The van der Waals surface area contributed by atoms with Crippen molar-refractivity contribution in [1.29, 1.82) is 5.26 Å². The van der Waals surface area contributed by atoms with Gasteiger partial charge in [0.25, 0.3) is 0 Å². The van der Waals surface area contributed by atoms with Crippen LogP contribution in [0.4, 0.5) is 5.69 Å². The summed E-state index contributed by atoms with van der Waals surface area (Å²) < 4.78 is 0. The van der Waals surface area contributed by atoms with Crippen molar-refractivity contribution in [3.63, 3.8) is 0 Å². The Morgan fingerprint density at radius 2 is 2.28 bits per heavy atom. The van der Waals surface area contributed by atoms with E-state index in [-0.39, 0.29) is 5.54 Å². The predicted octanol–water partition coefficient (Wildman–Crippen LogP) is 2.82. The molecule has 1 aliphatic carbocycles. The number of rotatable bonds is 5. The van der Waals surface area contributed by atoms with Crippen LogP contribution in [-0.4, -0.2) is 18.3 Å². The molecule has 18 heavy (non-hydrogen) atoms. The van der Waals surface area contributed by atoms with Crippen molar-refractivity contribution < 1.29 is 0 Å². The number of nitrogens with one attached hydrogen (secondary N) is 1. The van der Waals surface area contributed by atoms with Crippen LogP contribution in [0.3, 0.4) is 0 Å². The van der Waals surface area contributed by atoms with Crippen LogP contribution >= 0.6 is 11.8 Å². The lowest BCUT2D eigenvalue weighted by atomic mass is 9.95. The number of hydrogen-bond donors (Lipinski definition) is 2. The molecule has 96 valence electrons. The molecule has 0 aromatic heterocycles. The van der Waals surface area contributed by atoms with Gasteiger partial charge in [-0.1, -0.05) is 6.07 Å². The van der Waals surface area contributed by atoms with E-state index in [1.807, 2.05) is 24.5 Å². The average Bonchev–Trinajstić information content (AvgIpc) is 3.22. The highest BCUT2D eigenvalue weighted by atomic mass is 32.2. The Morgan fingerprint density at radius 1 is 1.56 bits per heavy atom. The van der Waals surface area contributed by atoms with Crippen molar-refractivity contribution in [3.05, 3.63) is 23.8 Å². The number of thioether (sulfide) groups is 1. The summed E-state index contributed by atoms with van der Waals surface area (Å²) in [5.74, 6) is 0.631. The second-order valence-electron chi connectivity index (χ2n) is 5.02. The van der Waals surface area contributed by atoms with Crippen LogP contribution in [0.1, 0.15) is 25.3 Å². The first-order valence-electron chi connectivity index (χ1n) is 6.20. The van der Waals surface area contributed by atoms with E-state index in [9.17, 15) is 5.26 Å². The summed E-state index contributed by atoms with van der Waals surface area (Å²) in [6.45, 7) is 2.74. The van der Waals surface area contributed by atoms with Gasteiger partial charge in [-0.05, 0) is 44.1 Å². The fourth-order valence-corrected chi connectivity index (χ4v) is 2.84. The third-order valence-corrected chi connectivity index (χ3v) is 4.46. The van der Waals surface area contributed by atoms with Gasteiger partial charge in [-0.15, -0.1) is 11.8 Å². The van der Waals surface area contributed by atoms with Gasteiger partial charge in [-0.3, -0.25) is 0 Å². The molecule has 0 bridgehead atoms. The minimum Gasteiger partial charge on any atom is -0.377 e. The lowest BCUT2D eigenvalue weighted by Crippen LogP contribution is -2.44. The maximum Gasteiger partial charge on any atom is 0.102 e. The topological polar surface area (TPSA) is 61.8 Å². The lowest BCUT2D eigenvalue weighted by Gasteiger charge is -2.31. The molecule has 0 aliphatic heterocycles. The molecule has 0 radical (unpaired) electrons. The monoisotopic (exact) mass is 261 g/mol. The Hall–Kier alpha value is -1.18. The fraction of sp³-hybridized carbons (Fsp3) is 0.500. The standard InChI is InChI=1S/C14H19N3S/c1-14(9-16,10-6-7-10)17-12-4-3-5-13(18-2)11(12)8-15/h3-5,10,17H,6-7,9,16H2,1-2H3. The molecule has 0 saturated heterocycles. The molecule has 1 saturated carbocycles. The smallest absolute Gasteiger partial charge is 0.102 e. The van der Waals surface area contributed by atoms with E-state index in [1.165, 1.54) is 12.8 Å². The van der Waals surface area contributed by atoms with Crippen molar-refractivity contribution in [2.24, 2.45) is 11.7 Å². The molecule has 0 amide bonds. The third-order valence-electron chi connectivity index (χ3n) is 3.68. The molecule has 0 spiro atoms. The molecule has 1 atom stereocenters. The van der Waals surface area contributed by atoms with E-state index in [4.69, 9.17) is 5.73 Å². The first kappa shape index (κ1) is 13.3. The van der Waals surface area contributed by atoms with Gasteiger partial charge in [0.15, 0.2) is 0 Å². The molecule has 0 heterocycles. The van der Waals surface area contributed by atoms with Crippen molar-refractivity contribution in [1.82, 2.24) is 0 Å². The SMILES string of the molecule is CSc1cccc(NC(C)(CN)C2CC2)c1C#N.